The van der Waals surface area contributed by atoms with Crippen LogP contribution >= 0.6 is 11.3 Å². The molecular weight excluding hydrogens is 420 g/mol. The van der Waals surface area contributed by atoms with Crippen LogP contribution < -0.4 is 10.9 Å². The standard InChI is InChI=1S/C25H22N4O2S/c1-15-20-22(21-18-11-5-6-12-19(18)32-23(21)27-15)28-25(26-14-17-10-7-13-31-17)29(24(20)30)16-8-3-2-4-9-16/h2-4,7-10,13H,5-6,11-12,14H2,1H3,(H,26,28). The SMILES string of the molecule is Cc1nc2sc3c(c2c2nc(NCc4ccco4)n(-c4ccccc4)c(=O)c12)CCCC3. The van der Waals surface area contributed by atoms with Crippen LogP contribution in [0.25, 0.3) is 26.8 Å². The molecule has 5 aromatic rings. The van der Waals surface area contributed by atoms with Crippen LogP contribution in [0.1, 0.15) is 34.7 Å². The lowest BCUT2D eigenvalue weighted by molar-refractivity contribution is 0.517. The zero-order valence-corrected chi connectivity index (χ0v) is 18.5. The molecule has 0 amide bonds. The molecule has 1 N–H and O–H groups in total. The second-order valence-corrected chi connectivity index (χ2v) is 9.24. The highest BCUT2D eigenvalue weighted by Crippen LogP contribution is 2.39. The number of pyridine rings is 1. The quantitative estimate of drug-likeness (QED) is 0.404. The van der Waals surface area contributed by atoms with Gasteiger partial charge in [-0.1, -0.05) is 18.2 Å². The van der Waals surface area contributed by atoms with Gasteiger partial charge in [-0.15, -0.1) is 11.3 Å². The molecule has 0 spiro atoms. The maximum absolute atomic E-state index is 13.9. The van der Waals surface area contributed by atoms with Gasteiger partial charge in [-0.05, 0) is 62.4 Å². The molecule has 1 aliphatic rings. The van der Waals surface area contributed by atoms with Gasteiger partial charge in [-0.25, -0.2) is 14.5 Å². The van der Waals surface area contributed by atoms with Gasteiger partial charge in [0.25, 0.3) is 5.56 Å². The molecule has 0 radical (unpaired) electrons. The number of aryl methyl sites for hydroxylation is 3. The predicted octanol–water partition coefficient (Wildman–Crippen LogP) is 5.39. The van der Waals surface area contributed by atoms with E-state index in [1.165, 1.54) is 23.3 Å². The average molecular weight is 443 g/mol. The van der Waals surface area contributed by atoms with Crippen molar-refractivity contribution >= 4 is 38.4 Å². The number of aromatic nitrogens is 3. The molecule has 0 bridgehead atoms. The van der Waals surface area contributed by atoms with Gasteiger partial charge in [0.2, 0.25) is 5.95 Å². The smallest absolute Gasteiger partial charge is 0.269 e. The van der Waals surface area contributed by atoms with E-state index in [1.807, 2.05) is 49.4 Å². The number of fused-ring (bicyclic) bond motifs is 5. The Morgan fingerprint density at radius 3 is 2.72 bits per heavy atom. The summed E-state index contributed by atoms with van der Waals surface area (Å²) in [5, 5.41) is 5.00. The average Bonchev–Trinajstić information content (AvgIpc) is 3.45. The summed E-state index contributed by atoms with van der Waals surface area (Å²) in [4.78, 5) is 26.2. The third kappa shape index (κ3) is 3.04. The van der Waals surface area contributed by atoms with E-state index in [0.717, 1.165) is 45.7 Å². The van der Waals surface area contributed by atoms with E-state index < -0.39 is 0 Å². The van der Waals surface area contributed by atoms with E-state index in [0.29, 0.717) is 17.9 Å². The third-order valence-corrected chi connectivity index (χ3v) is 7.30. The molecule has 0 unspecified atom stereocenters. The highest BCUT2D eigenvalue weighted by atomic mass is 32.1. The fourth-order valence-corrected chi connectivity index (χ4v) is 5.94. The van der Waals surface area contributed by atoms with E-state index in [1.54, 1.807) is 22.2 Å². The van der Waals surface area contributed by atoms with Crippen LogP contribution in [0.2, 0.25) is 0 Å². The molecule has 0 fully saturated rings. The minimum Gasteiger partial charge on any atom is -0.467 e. The fraction of sp³-hybridized carbons (Fsp3) is 0.240. The van der Waals surface area contributed by atoms with E-state index in [4.69, 9.17) is 14.4 Å². The van der Waals surface area contributed by atoms with Crippen LogP contribution in [0.4, 0.5) is 5.95 Å². The first-order valence-corrected chi connectivity index (χ1v) is 11.7. The van der Waals surface area contributed by atoms with Crippen molar-refractivity contribution in [1.82, 2.24) is 14.5 Å². The Hall–Kier alpha value is -3.45. The molecule has 6 rings (SSSR count). The fourth-order valence-electron chi connectivity index (χ4n) is 4.63. The number of nitrogens with zero attached hydrogens (tertiary/aromatic N) is 3. The van der Waals surface area contributed by atoms with Crippen molar-refractivity contribution in [2.24, 2.45) is 0 Å². The molecule has 4 aromatic heterocycles. The van der Waals surface area contributed by atoms with E-state index >= 15 is 0 Å². The lowest BCUT2D eigenvalue weighted by Crippen LogP contribution is -2.24. The van der Waals surface area contributed by atoms with Crippen molar-refractivity contribution in [2.45, 2.75) is 39.2 Å². The Balaban J connectivity index is 1.66. The molecule has 6 nitrogen and oxygen atoms in total. The molecular formula is C25H22N4O2S. The van der Waals surface area contributed by atoms with Gasteiger partial charge in [-0.2, -0.15) is 0 Å². The first-order chi connectivity index (χ1) is 15.7. The minimum atomic E-state index is -0.106. The highest BCUT2D eigenvalue weighted by Gasteiger charge is 2.24. The van der Waals surface area contributed by atoms with Gasteiger partial charge in [-0.3, -0.25) is 4.79 Å². The van der Waals surface area contributed by atoms with Crippen LogP contribution in [-0.4, -0.2) is 14.5 Å². The normalized spacial score (nSPS) is 13.5. The van der Waals surface area contributed by atoms with Crippen LogP contribution in [0.5, 0.6) is 0 Å². The van der Waals surface area contributed by atoms with Crippen LogP contribution in [0.3, 0.4) is 0 Å². The summed E-state index contributed by atoms with van der Waals surface area (Å²) in [6.07, 6.45) is 6.13. The van der Waals surface area contributed by atoms with Crippen molar-refractivity contribution in [1.29, 1.82) is 0 Å². The summed E-state index contributed by atoms with van der Waals surface area (Å²) in [6, 6.07) is 13.4. The number of furan rings is 1. The molecule has 7 heteroatoms. The lowest BCUT2D eigenvalue weighted by atomic mass is 9.96. The monoisotopic (exact) mass is 442 g/mol. The first-order valence-electron chi connectivity index (χ1n) is 10.9. The van der Waals surface area contributed by atoms with Crippen molar-refractivity contribution in [2.75, 3.05) is 5.32 Å². The Morgan fingerprint density at radius 2 is 1.91 bits per heavy atom. The molecule has 32 heavy (non-hydrogen) atoms. The summed E-state index contributed by atoms with van der Waals surface area (Å²) < 4.78 is 7.13. The molecule has 160 valence electrons. The maximum atomic E-state index is 13.9. The summed E-state index contributed by atoms with van der Waals surface area (Å²) in [7, 11) is 0. The number of thiophene rings is 1. The zero-order chi connectivity index (χ0) is 21.7. The maximum Gasteiger partial charge on any atom is 0.269 e. The van der Waals surface area contributed by atoms with Crippen LogP contribution in [0.15, 0.2) is 57.9 Å². The second-order valence-electron chi connectivity index (χ2n) is 8.16. The minimum absolute atomic E-state index is 0.106. The molecule has 1 aliphatic carbocycles. The van der Waals surface area contributed by atoms with Gasteiger partial charge < -0.3 is 9.73 Å². The highest BCUT2D eigenvalue weighted by molar-refractivity contribution is 7.19. The van der Waals surface area contributed by atoms with Gasteiger partial charge in [0.15, 0.2) is 0 Å². The Kier molecular flexibility index (Phi) is 4.57. The second kappa shape index (κ2) is 7.60. The van der Waals surface area contributed by atoms with E-state index in [9.17, 15) is 4.79 Å². The number of nitrogens with one attached hydrogen (secondary N) is 1. The zero-order valence-electron chi connectivity index (χ0n) is 17.7. The molecule has 1 aromatic carbocycles. The summed E-state index contributed by atoms with van der Waals surface area (Å²) in [6.45, 7) is 2.35. The van der Waals surface area contributed by atoms with Crippen LogP contribution in [-0.2, 0) is 19.4 Å². The predicted molar refractivity (Wildman–Crippen MR) is 128 cm³/mol. The van der Waals surface area contributed by atoms with Gasteiger partial charge in [0.1, 0.15) is 10.6 Å². The number of hydrogen-bond acceptors (Lipinski definition) is 6. The van der Waals surface area contributed by atoms with Crippen molar-refractivity contribution in [3.05, 3.63) is 81.0 Å². The Labute approximate surface area is 188 Å². The largest absolute Gasteiger partial charge is 0.467 e. The summed E-state index contributed by atoms with van der Waals surface area (Å²) in [5.74, 6) is 1.29. The van der Waals surface area contributed by atoms with E-state index in [2.05, 4.69) is 5.32 Å². The molecule has 0 saturated carbocycles. The lowest BCUT2D eigenvalue weighted by Gasteiger charge is -2.16. The first kappa shape index (κ1) is 19.3. The Morgan fingerprint density at radius 1 is 1.06 bits per heavy atom. The van der Waals surface area contributed by atoms with Gasteiger partial charge in [0.05, 0.1) is 35.1 Å². The summed E-state index contributed by atoms with van der Waals surface area (Å²) in [5.41, 5.74) is 3.47. The van der Waals surface area contributed by atoms with Crippen molar-refractivity contribution in [3.8, 4) is 5.69 Å². The van der Waals surface area contributed by atoms with Gasteiger partial charge in [0, 0.05) is 10.3 Å². The topological polar surface area (TPSA) is 73.0 Å². The third-order valence-electron chi connectivity index (χ3n) is 6.12. The molecule has 4 heterocycles. The molecule has 0 atom stereocenters. The van der Waals surface area contributed by atoms with Crippen LogP contribution in [0, 0.1) is 6.92 Å². The van der Waals surface area contributed by atoms with Crippen molar-refractivity contribution in [3.63, 3.8) is 0 Å². The number of anilines is 1. The van der Waals surface area contributed by atoms with Gasteiger partial charge >= 0.3 is 0 Å². The number of benzene rings is 1. The Bertz CT molecular complexity index is 1500. The molecule has 0 saturated heterocycles. The summed E-state index contributed by atoms with van der Waals surface area (Å²) >= 11 is 1.76. The number of rotatable bonds is 4. The number of hydrogen-bond donors (Lipinski definition) is 1. The number of para-hydroxylation sites is 1. The molecule has 0 aliphatic heterocycles. The van der Waals surface area contributed by atoms with Crippen molar-refractivity contribution < 1.29 is 4.42 Å². The van der Waals surface area contributed by atoms with E-state index in [-0.39, 0.29) is 5.56 Å².